The van der Waals surface area contributed by atoms with Crippen LogP contribution in [0.4, 0.5) is 0 Å². The second-order valence-corrected chi connectivity index (χ2v) is 3.56. The Balaban J connectivity index is 2.14. The fourth-order valence-corrected chi connectivity index (χ4v) is 1.58. The Morgan fingerprint density at radius 3 is 3.07 bits per heavy atom. The summed E-state index contributed by atoms with van der Waals surface area (Å²) in [4.78, 5) is 4.01. The Bertz CT molecular complexity index is 417. The molecule has 0 atom stereocenters. The molecule has 2 aromatic rings. The van der Waals surface area contributed by atoms with Gasteiger partial charge < -0.3 is 14.3 Å². The lowest BCUT2D eigenvalue weighted by Crippen LogP contribution is -2.03. The Morgan fingerprint density at radius 1 is 1.53 bits per heavy atom. The molecule has 0 aliphatic carbocycles. The molecule has 0 fully saturated rings. The number of imidazole rings is 1. The van der Waals surface area contributed by atoms with Gasteiger partial charge in [-0.15, -0.1) is 0 Å². The van der Waals surface area contributed by atoms with Crippen LogP contribution in [0.25, 0.3) is 0 Å². The molecule has 2 rings (SSSR count). The molecule has 1 N–H and O–H groups in total. The fraction of sp³-hybridized carbons (Fsp3) is 0.364. The van der Waals surface area contributed by atoms with Crippen molar-refractivity contribution < 1.29 is 4.42 Å². The molecule has 0 radical (unpaired) electrons. The van der Waals surface area contributed by atoms with E-state index in [0.717, 1.165) is 24.6 Å². The molecule has 2 heterocycles. The van der Waals surface area contributed by atoms with Gasteiger partial charge in [0, 0.05) is 18.0 Å². The van der Waals surface area contributed by atoms with Crippen molar-refractivity contribution in [1.29, 1.82) is 0 Å². The summed E-state index contributed by atoms with van der Waals surface area (Å²) in [5.41, 5.74) is 1.21. The number of aryl methyl sites for hydroxylation is 1. The van der Waals surface area contributed by atoms with Crippen LogP contribution in [-0.2, 0) is 13.1 Å². The normalized spacial score (nSPS) is 10.8. The maximum absolute atomic E-state index is 5.61. The second kappa shape index (κ2) is 4.31. The summed E-state index contributed by atoms with van der Waals surface area (Å²) in [6, 6.07) is 2.09. The van der Waals surface area contributed by atoms with Crippen LogP contribution in [-0.4, -0.2) is 16.6 Å². The Labute approximate surface area is 88.9 Å². The van der Waals surface area contributed by atoms with Crippen LogP contribution in [0, 0.1) is 6.92 Å². The molecule has 80 valence electrons. The van der Waals surface area contributed by atoms with Gasteiger partial charge in [0.2, 0.25) is 0 Å². The molecule has 0 saturated carbocycles. The summed E-state index contributed by atoms with van der Waals surface area (Å²) in [7, 11) is 1.91. The van der Waals surface area contributed by atoms with Crippen LogP contribution in [0.3, 0.4) is 0 Å². The summed E-state index contributed by atoms with van der Waals surface area (Å²) >= 11 is 0. The zero-order valence-electron chi connectivity index (χ0n) is 9.03. The lowest BCUT2D eigenvalue weighted by Gasteiger charge is -1.98. The van der Waals surface area contributed by atoms with E-state index < -0.39 is 0 Å². The molecule has 0 aliphatic rings. The molecular formula is C11H15N3O. The summed E-state index contributed by atoms with van der Waals surface area (Å²) in [6.07, 6.45) is 5.54. The van der Waals surface area contributed by atoms with Crippen molar-refractivity contribution in [1.82, 2.24) is 14.9 Å². The van der Waals surface area contributed by atoms with Gasteiger partial charge >= 0.3 is 0 Å². The predicted octanol–water partition coefficient (Wildman–Crippen LogP) is 1.55. The third-order valence-electron chi connectivity index (χ3n) is 2.33. The van der Waals surface area contributed by atoms with Gasteiger partial charge in [0.1, 0.15) is 11.5 Å². The number of hydrogen-bond donors (Lipinski definition) is 1. The van der Waals surface area contributed by atoms with E-state index in [1.54, 1.807) is 6.20 Å². The highest BCUT2D eigenvalue weighted by atomic mass is 16.3. The van der Waals surface area contributed by atoms with E-state index in [2.05, 4.69) is 16.4 Å². The van der Waals surface area contributed by atoms with E-state index in [1.165, 1.54) is 5.56 Å². The summed E-state index contributed by atoms with van der Waals surface area (Å²) < 4.78 is 7.64. The Kier molecular flexibility index (Phi) is 2.87. The fourth-order valence-electron chi connectivity index (χ4n) is 1.58. The van der Waals surface area contributed by atoms with Crippen LogP contribution < -0.4 is 5.32 Å². The first-order valence-corrected chi connectivity index (χ1v) is 4.98. The van der Waals surface area contributed by atoms with Crippen LogP contribution >= 0.6 is 0 Å². The summed E-state index contributed by atoms with van der Waals surface area (Å²) in [5.74, 6) is 1.96. The zero-order chi connectivity index (χ0) is 10.7. The van der Waals surface area contributed by atoms with E-state index >= 15 is 0 Å². The van der Waals surface area contributed by atoms with Crippen LogP contribution in [0.15, 0.2) is 29.2 Å². The van der Waals surface area contributed by atoms with E-state index in [4.69, 9.17) is 4.42 Å². The molecular weight excluding hydrogens is 190 g/mol. The molecule has 0 aliphatic heterocycles. The van der Waals surface area contributed by atoms with Crippen molar-refractivity contribution in [3.63, 3.8) is 0 Å². The van der Waals surface area contributed by atoms with Gasteiger partial charge in [-0.3, -0.25) is 0 Å². The second-order valence-electron chi connectivity index (χ2n) is 3.56. The van der Waals surface area contributed by atoms with Crippen molar-refractivity contribution in [2.45, 2.75) is 20.0 Å². The van der Waals surface area contributed by atoms with Gasteiger partial charge in [-0.05, 0) is 20.0 Å². The minimum Gasteiger partial charge on any atom is -0.465 e. The maximum Gasteiger partial charge on any atom is 0.118 e. The Hall–Kier alpha value is -1.55. The predicted molar refractivity (Wildman–Crippen MR) is 57.5 cm³/mol. The number of furan rings is 1. The topological polar surface area (TPSA) is 43.0 Å². The Morgan fingerprint density at radius 2 is 2.40 bits per heavy atom. The largest absolute Gasteiger partial charge is 0.465 e. The van der Waals surface area contributed by atoms with Gasteiger partial charge in [0.25, 0.3) is 0 Å². The molecule has 4 heteroatoms. The molecule has 2 aromatic heterocycles. The first kappa shape index (κ1) is 9.98. The van der Waals surface area contributed by atoms with Gasteiger partial charge in [-0.2, -0.15) is 0 Å². The SMILES string of the molecule is CNCc1cc(Cn2ccnc2)c(C)o1. The van der Waals surface area contributed by atoms with Crippen molar-refractivity contribution in [2.75, 3.05) is 7.05 Å². The average Bonchev–Trinajstić information content (AvgIpc) is 2.79. The molecule has 4 nitrogen and oxygen atoms in total. The van der Waals surface area contributed by atoms with Gasteiger partial charge in [-0.25, -0.2) is 4.98 Å². The van der Waals surface area contributed by atoms with Crippen LogP contribution in [0.2, 0.25) is 0 Å². The number of nitrogens with one attached hydrogen (secondary N) is 1. The van der Waals surface area contributed by atoms with Gasteiger partial charge in [-0.1, -0.05) is 0 Å². The highest BCUT2D eigenvalue weighted by Crippen LogP contribution is 2.15. The van der Waals surface area contributed by atoms with E-state index in [-0.39, 0.29) is 0 Å². The minimum absolute atomic E-state index is 0.769. The quantitative estimate of drug-likeness (QED) is 0.823. The smallest absolute Gasteiger partial charge is 0.118 e. The number of nitrogens with zero attached hydrogens (tertiary/aromatic N) is 2. The lowest BCUT2D eigenvalue weighted by molar-refractivity contribution is 0.468. The van der Waals surface area contributed by atoms with Crippen molar-refractivity contribution >= 4 is 0 Å². The first-order valence-electron chi connectivity index (χ1n) is 4.98. The summed E-state index contributed by atoms with van der Waals surface area (Å²) in [6.45, 7) is 3.58. The number of rotatable bonds is 4. The lowest BCUT2D eigenvalue weighted by atomic mass is 10.2. The number of aromatic nitrogens is 2. The van der Waals surface area contributed by atoms with Crippen LogP contribution in [0.1, 0.15) is 17.1 Å². The van der Waals surface area contributed by atoms with Crippen LogP contribution in [0.5, 0.6) is 0 Å². The third kappa shape index (κ3) is 2.27. The average molecular weight is 205 g/mol. The van der Waals surface area contributed by atoms with E-state index in [1.807, 2.05) is 31.1 Å². The molecule has 0 saturated heterocycles. The molecule has 15 heavy (non-hydrogen) atoms. The monoisotopic (exact) mass is 205 g/mol. The van der Waals surface area contributed by atoms with Gasteiger partial charge in [0.15, 0.2) is 0 Å². The molecule has 0 amide bonds. The zero-order valence-corrected chi connectivity index (χ0v) is 9.03. The highest BCUT2D eigenvalue weighted by molar-refractivity contribution is 5.21. The molecule has 0 aromatic carbocycles. The summed E-state index contributed by atoms with van der Waals surface area (Å²) in [5, 5.41) is 3.07. The molecule has 0 bridgehead atoms. The molecule has 0 unspecified atom stereocenters. The van der Waals surface area contributed by atoms with Crippen molar-refractivity contribution in [3.05, 3.63) is 41.9 Å². The highest BCUT2D eigenvalue weighted by Gasteiger charge is 2.06. The van der Waals surface area contributed by atoms with Gasteiger partial charge in [0.05, 0.1) is 19.4 Å². The van der Waals surface area contributed by atoms with E-state index in [9.17, 15) is 0 Å². The molecule has 0 spiro atoms. The van der Waals surface area contributed by atoms with E-state index in [0.29, 0.717) is 0 Å². The maximum atomic E-state index is 5.61. The first-order chi connectivity index (χ1) is 7.29. The third-order valence-corrected chi connectivity index (χ3v) is 2.33. The van der Waals surface area contributed by atoms with Crippen molar-refractivity contribution in [3.8, 4) is 0 Å². The minimum atomic E-state index is 0.769. The number of hydrogen-bond acceptors (Lipinski definition) is 3. The standard InChI is InChI=1S/C11H15N3O/c1-9-10(5-11(15-9)6-12-2)7-14-4-3-13-8-14/h3-5,8,12H,6-7H2,1-2H3. The van der Waals surface area contributed by atoms with Crippen molar-refractivity contribution in [2.24, 2.45) is 0 Å².